The molecule has 0 spiro atoms. The normalized spacial score (nSPS) is 16.3. The topological polar surface area (TPSA) is 44.9 Å². The molecule has 0 aliphatic carbocycles. The van der Waals surface area contributed by atoms with E-state index in [9.17, 15) is 4.79 Å². The minimum atomic E-state index is 0.0414. The molecule has 2 rings (SSSR count). The third-order valence-electron chi connectivity index (χ3n) is 3.32. The SMILES string of the molecule is CC.CC(C)c1cc(C2CCNCC2)cc(=O)[nH]1. The van der Waals surface area contributed by atoms with Crippen molar-refractivity contribution in [1.29, 1.82) is 0 Å². The summed E-state index contributed by atoms with van der Waals surface area (Å²) >= 11 is 0. The Morgan fingerprint density at radius 3 is 2.33 bits per heavy atom. The van der Waals surface area contributed by atoms with E-state index in [1.165, 1.54) is 5.56 Å². The second kappa shape index (κ2) is 7.37. The summed E-state index contributed by atoms with van der Waals surface area (Å²) < 4.78 is 0. The van der Waals surface area contributed by atoms with Crippen LogP contribution >= 0.6 is 0 Å². The minimum Gasteiger partial charge on any atom is -0.326 e. The first-order valence-electron chi connectivity index (χ1n) is 7.11. The van der Waals surface area contributed by atoms with Crippen molar-refractivity contribution < 1.29 is 0 Å². The van der Waals surface area contributed by atoms with E-state index in [0.717, 1.165) is 31.6 Å². The third-order valence-corrected chi connectivity index (χ3v) is 3.32. The number of nitrogens with one attached hydrogen (secondary N) is 2. The van der Waals surface area contributed by atoms with Gasteiger partial charge in [-0.3, -0.25) is 4.79 Å². The quantitative estimate of drug-likeness (QED) is 0.847. The zero-order valence-corrected chi connectivity index (χ0v) is 12.0. The molecule has 18 heavy (non-hydrogen) atoms. The van der Waals surface area contributed by atoms with Crippen molar-refractivity contribution in [2.75, 3.05) is 13.1 Å². The van der Waals surface area contributed by atoms with Gasteiger partial charge in [-0.1, -0.05) is 27.7 Å². The fourth-order valence-corrected chi connectivity index (χ4v) is 2.29. The predicted octanol–water partition coefficient (Wildman–Crippen LogP) is 2.99. The smallest absolute Gasteiger partial charge is 0.248 e. The first-order chi connectivity index (χ1) is 8.66. The zero-order valence-electron chi connectivity index (χ0n) is 12.0. The molecule has 1 saturated heterocycles. The molecule has 0 aromatic carbocycles. The summed E-state index contributed by atoms with van der Waals surface area (Å²) in [4.78, 5) is 14.5. The molecule has 102 valence electrons. The van der Waals surface area contributed by atoms with Crippen LogP contribution in [0.4, 0.5) is 0 Å². The van der Waals surface area contributed by atoms with Crippen LogP contribution in [0.5, 0.6) is 0 Å². The molecule has 3 heteroatoms. The molecule has 0 atom stereocenters. The van der Waals surface area contributed by atoms with Crippen LogP contribution in [0, 0.1) is 0 Å². The van der Waals surface area contributed by atoms with E-state index in [-0.39, 0.29) is 5.56 Å². The van der Waals surface area contributed by atoms with E-state index in [2.05, 4.69) is 30.2 Å². The van der Waals surface area contributed by atoms with Gasteiger partial charge in [0.05, 0.1) is 0 Å². The minimum absolute atomic E-state index is 0.0414. The Balaban J connectivity index is 0.000000771. The van der Waals surface area contributed by atoms with Crippen molar-refractivity contribution in [3.63, 3.8) is 0 Å². The Labute approximate surface area is 110 Å². The molecule has 1 aromatic rings. The summed E-state index contributed by atoms with van der Waals surface area (Å²) in [5.41, 5.74) is 2.31. The van der Waals surface area contributed by atoms with Crippen LogP contribution < -0.4 is 10.9 Å². The van der Waals surface area contributed by atoms with Crippen molar-refractivity contribution in [2.45, 2.75) is 52.4 Å². The molecule has 1 aromatic heterocycles. The maximum atomic E-state index is 11.6. The highest BCUT2D eigenvalue weighted by molar-refractivity contribution is 5.23. The van der Waals surface area contributed by atoms with Crippen LogP contribution in [0.2, 0.25) is 0 Å². The van der Waals surface area contributed by atoms with Crippen LogP contribution in [0.15, 0.2) is 16.9 Å². The summed E-state index contributed by atoms with van der Waals surface area (Å²) in [5, 5.41) is 3.35. The van der Waals surface area contributed by atoms with E-state index in [1.54, 1.807) is 6.07 Å². The van der Waals surface area contributed by atoms with Gasteiger partial charge in [-0.05, 0) is 49.4 Å². The molecule has 0 amide bonds. The number of pyridine rings is 1. The van der Waals surface area contributed by atoms with Crippen molar-refractivity contribution in [3.05, 3.63) is 33.7 Å². The standard InChI is InChI=1S/C13H20N2O.C2H6/c1-9(2)12-7-11(8-13(16)15-12)10-3-5-14-6-4-10;1-2/h7-10,14H,3-6H2,1-2H3,(H,15,16);1-2H3. The van der Waals surface area contributed by atoms with Gasteiger partial charge in [0.25, 0.3) is 0 Å². The fourth-order valence-electron chi connectivity index (χ4n) is 2.29. The van der Waals surface area contributed by atoms with Gasteiger partial charge in [-0.25, -0.2) is 0 Å². The number of hydrogen-bond acceptors (Lipinski definition) is 2. The molecule has 0 bridgehead atoms. The Morgan fingerprint density at radius 1 is 1.17 bits per heavy atom. The van der Waals surface area contributed by atoms with Crippen molar-refractivity contribution >= 4 is 0 Å². The lowest BCUT2D eigenvalue weighted by Crippen LogP contribution is -2.27. The van der Waals surface area contributed by atoms with Crippen LogP contribution in [0.3, 0.4) is 0 Å². The fraction of sp³-hybridized carbons (Fsp3) is 0.667. The number of piperidine rings is 1. The van der Waals surface area contributed by atoms with E-state index >= 15 is 0 Å². The molecule has 2 N–H and O–H groups in total. The summed E-state index contributed by atoms with van der Waals surface area (Å²) in [6.45, 7) is 10.3. The third kappa shape index (κ3) is 3.98. The van der Waals surface area contributed by atoms with Gasteiger partial charge >= 0.3 is 0 Å². The van der Waals surface area contributed by atoms with Crippen LogP contribution in [-0.4, -0.2) is 18.1 Å². The average Bonchev–Trinajstić information content (AvgIpc) is 2.41. The zero-order chi connectivity index (χ0) is 13.5. The van der Waals surface area contributed by atoms with Crippen LogP contribution in [0.25, 0.3) is 0 Å². The Morgan fingerprint density at radius 2 is 1.78 bits per heavy atom. The monoisotopic (exact) mass is 250 g/mol. The number of hydrogen-bond donors (Lipinski definition) is 2. The van der Waals surface area contributed by atoms with Gasteiger partial charge in [0.2, 0.25) is 5.56 Å². The molecule has 3 nitrogen and oxygen atoms in total. The first-order valence-corrected chi connectivity index (χ1v) is 7.11. The molecule has 2 heterocycles. The average molecular weight is 250 g/mol. The van der Waals surface area contributed by atoms with Gasteiger partial charge in [0, 0.05) is 11.8 Å². The summed E-state index contributed by atoms with van der Waals surface area (Å²) in [6, 6.07) is 3.93. The highest BCUT2D eigenvalue weighted by atomic mass is 16.1. The van der Waals surface area contributed by atoms with E-state index < -0.39 is 0 Å². The summed E-state index contributed by atoms with van der Waals surface area (Å²) in [6.07, 6.45) is 2.28. The lowest BCUT2D eigenvalue weighted by molar-refractivity contribution is 0.459. The molecule has 1 fully saturated rings. The number of H-pyrrole nitrogens is 1. The molecule has 0 radical (unpaired) electrons. The van der Waals surface area contributed by atoms with Gasteiger partial charge < -0.3 is 10.3 Å². The van der Waals surface area contributed by atoms with E-state index in [1.807, 2.05) is 13.8 Å². The van der Waals surface area contributed by atoms with E-state index in [4.69, 9.17) is 0 Å². The molecule has 0 saturated carbocycles. The van der Waals surface area contributed by atoms with Crippen LogP contribution in [0.1, 0.15) is 63.6 Å². The van der Waals surface area contributed by atoms with E-state index in [0.29, 0.717) is 11.8 Å². The number of aromatic nitrogens is 1. The summed E-state index contributed by atoms with van der Waals surface area (Å²) in [7, 11) is 0. The maximum absolute atomic E-state index is 11.6. The molecular weight excluding hydrogens is 224 g/mol. The molecule has 1 aliphatic heterocycles. The van der Waals surface area contributed by atoms with Crippen LogP contribution in [-0.2, 0) is 0 Å². The second-order valence-electron chi connectivity index (χ2n) is 4.91. The first kappa shape index (κ1) is 15.0. The highest BCUT2D eigenvalue weighted by Gasteiger charge is 2.16. The number of rotatable bonds is 2. The van der Waals surface area contributed by atoms with Crippen molar-refractivity contribution in [2.24, 2.45) is 0 Å². The van der Waals surface area contributed by atoms with Crippen molar-refractivity contribution in [1.82, 2.24) is 10.3 Å². The molecule has 0 unspecified atom stereocenters. The lowest BCUT2D eigenvalue weighted by atomic mass is 9.89. The van der Waals surface area contributed by atoms with Gasteiger partial charge in [0.15, 0.2) is 0 Å². The van der Waals surface area contributed by atoms with Gasteiger partial charge in [-0.2, -0.15) is 0 Å². The Kier molecular flexibility index (Phi) is 6.13. The maximum Gasteiger partial charge on any atom is 0.248 e. The largest absolute Gasteiger partial charge is 0.326 e. The predicted molar refractivity (Wildman–Crippen MR) is 77.3 cm³/mol. The lowest BCUT2D eigenvalue weighted by Gasteiger charge is -2.23. The Hall–Kier alpha value is -1.09. The number of aromatic amines is 1. The Bertz CT molecular complexity index is 403. The van der Waals surface area contributed by atoms with Crippen molar-refractivity contribution in [3.8, 4) is 0 Å². The van der Waals surface area contributed by atoms with Gasteiger partial charge in [-0.15, -0.1) is 0 Å². The summed E-state index contributed by atoms with van der Waals surface area (Å²) in [5.74, 6) is 0.940. The van der Waals surface area contributed by atoms with Gasteiger partial charge in [0.1, 0.15) is 0 Å². The second-order valence-corrected chi connectivity index (χ2v) is 4.91. The highest BCUT2D eigenvalue weighted by Crippen LogP contribution is 2.25. The molecular formula is C15H26N2O. The molecule has 1 aliphatic rings.